The predicted octanol–water partition coefficient (Wildman–Crippen LogP) is 4.64. The van der Waals surface area contributed by atoms with Gasteiger partial charge in [-0.3, -0.25) is 5.10 Å². The van der Waals surface area contributed by atoms with Gasteiger partial charge < -0.3 is 5.32 Å². The maximum absolute atomic E-state index is 5.92. The van der Waals surface area contributed by atoms with E-state index in [1.807, 2.05) is 24.4 Å². The number of halogens is 1. The summed E-state index contributed by atoms with van der Waals surface area (Å²) in [7, 11) is 0. The number of hydrogen-bond acceptors (Lipinski definition) is 3. The highest BCUT2D eigenvalue weighted by molar-refractivity contribution is 7.13. The van der Waals surface area contributed by atoms with Crippen LogP contribution in [-0.4, -0.2) is 10.2 Å². The summed E-state index contributed by atoms with van der Waals surface area (Å²) in [6, 6.07) is 12.4. The highest BCUT2D eigenvalue weighted by Crippen LogP contribution is 2.26. The van der Waals surface area contributed by atoms with Crippen LogP contribution in [0, 0.1) is 0 Å². The van der Waals surface area contributed by atoms with Crippen molar-refractivity contribution < 1.29 is 0 Å². The molecule has 3 aromatic rings. The lowest BCUT2D eigenvalue weighted by atomic mass is 10.1. The van der Waals surface area contributed by atoms with Crippen LogP contribution < -0.4 is 5.32 Å². The number of benzene rings is 1. The third-order valence-corrected chi connectivity index (χ3v) is 4.59. The summed E-state index contributed by atoms with van der Waals surface area (Å²) in [6.07, 6.45) is 1.89. The van der Waals surface area contributed by atoms with E-state index in [0.29, 0.717) is 0 Å². The first-order valence-corrected chi connectivity index (χ1v) is 8.05. The zero-order valence-corrected chi connectivity index (χ0v) is 13.2. The Balaban J connectivity index is 1.68. The Hall–Kier alpha value is -1.62. The van der Waals surface area contributed by atoms with Gasteiger partial charge in [-0.15, -0.1) is 11.3 Å². The van der Waals surface area contributed by atoms with Crippen molar-refractivity contribution in [1.82, 2.24) is 15.5 Å². The largest absolute Gasteiger partial charge is 0.306 e. The molecule has 3 rings (SSSR count). The molecular formula is C16H16ClN3S. The molecule has 0 bridgehead atoms. The van der Waals surface area contributed by atoms with E-state index in [1.165, 1.54) is 16.0 Å². The van der Waals surface area contributed by atoms with Gasteiger partial charge in [0.2, 0.25) is 0 Å². The molecule has 0 amide bonds. The first kappa shape index (κ1) is 14.3. The Morgan fingerprint density at radius 3 is 2.81 bits per heavy atom. The molecule has 2 N–H and O–H groups in total. The Bertz CT molecular complexity index is 689. The van der Waals surface area contributed by atoms with E-state index in [1.54, 1.807) is 11.3 Å². The molecule has 3 nitrogen and oxygen atoms in total. The Morgan fingerprint density at radius 2 is 2.10 bits per heavy atom. The number of nitrogens with one attached hydrogen (secondary N) is 2. The SMILES string of the molecule is C[C@@H](NCc1cn[nH]c1-c1cccs1)c1ccc(Cl)cc1. The van der Waals surface area contributed by atoms with E-state index < -0.39 is 0 Å². The second-order valence-corrected chi connectivity index (χ2v) is 6.29. The van der Waals surface area contributed by atoms with Crippen molar-refractivity contribution in [2.24, 2.45) is 0 Å². The van der Waals surface area contributed by atoms with Crippen molar-refractivity contribution in [3.63, 3.8) is 0 Å². The summed E-state index contributed by atoms with van der Waals surface area (Å²) in [4.78, 5) is 1.21. The molecule has 0 unspecified atom stereocenters. The number of nitrogens with zero attached hydrogens (tertiary/aromatic N) is 1. The molecule has 1 atom stereocenters. The van der Waals surface area contributed by atoms with Crippen LogP contribution in [0.2, 0.25) is 5.02 Å². The highest BCUT2D eigenvalue weighted by Gasteiger charge is 2.10. The van der Waals surface area contributed by atoms with Gasteiger partial charge in [0.05, 0.1) is 16.8 Å². The van der Waals surface area contributed by atoms with Crippen LogP contribution in [-0.2, 0) is 6.54 Å². The van der Waals surface area contributed by atoms with Gasteiger partial charge in [0.1, 0.15) is 0 Å². The van der Waals surface area contributed by atoms with Crippen molar-refractivity contribution in [2.75, 3.05) is 0 Å². The van der Waals surface area contributed by atoms with E-state index in [2.05, 4.69) is 46.0 Å². The van der Waals surface area contributed by atoms with E-state index in [4.69, 9.17) is 11.6 Å². The number of hydrogen-bond donors (Lipinski definition) is 2. The maximum atomic E-state index is 5.92. The van der Waals surface area contributed by atoms with Crippen LogP contribution in [0.1, 0.15) is 24.1 Å². The number of thiophene rings is 1. The predicted molar refractivity (Wildman–Crippen MR) is 88.6 cm³/mol. The normalized spacial score (nSPS) is 12.5. The van der Waals surface area contributed by atoms with E-state index in [-0.39, 0.29) is 6.04 Å². The Morgan fingerprint density at radius 1 is 1.29 bits per heavy atom. The molecule has 0 saturated carbocycles. The quantitative estimate of drug-likeness (QED) is 0.719. The molecule has 0 radical (unpaired) electrons. The van der Waals surface area contributed by atoms with Crippen molar-refractivity contribution >= 4 is 22.9 Å². The lowest BCUT2D eigenvalue weighted by molar-refractivity contribution is 0.575. The fourth-order valence-corrected chi connectivity index (χ4v) is 3.09. The average molecular weight is 318 g/mol. The summed E-state index contributed by atoms with van der Waals surface area (Å²) in [6.45, 7) is 2.92. The molecule has 2 heterocycles. The lowest BCUT2D eigenvalue weighted by Gasteiger charge is -2.14. The van der Waals surface area contributed by atoms with Gasteiger partial charge in [-0.2, -0.15) is 5.10 Å². The highest BCUT2D eigenvalue weighted by atomic mass is 35.5. The van der Waals surface area contributed by atoms with E-state index in [9.17, 15) is 0 Å². The van der Waals surface area contributed by atoms with Gasteiger partial charge in [0.15, 0.2) is 0 Å². The molecule has 108 valence electrons. The van der Waals surface area contributed by atoms with Crippen molar-refractivity contribution in [1.29, 1.82) is 0 Å². The van der Waals surface area contributed by atoms with Crippen LogP contribution in [0.3, 0.4) is 0 Å². The summed E-state index contributed by atoms with van der Waals surface area (Å²) >= 11 is 7.63. The van der Waals surface area contributed by atoms with Gasteiger partial charge in [0.25, 0.3) is 0 Å². The number of aromatic nitrogens is 2. The standard InChI is InChI=1S/C16H16ClN3S/c1-11(12-4-6-14(17)7-5-12)18-9-13-10-19-20-16(13)15-3-2-8-21-15/h2-8,10-11,18H,9H2,1H3,(H,19,20)/t11-/m1/s1. The van der Waals surface area contributed by atoms with Crippen molar-refractivity contribution in [2.45, 2.75) is 19.5 Å². The van der Waals surface area contributed by atoms with Crippen LogP contribution in [0.25, 0.3) is 10.6 Å². The smallest absolute Gasteiger partial charge is 0.0794 e. The van der Waals surface area contributed by atoms with Crippen LogP contribution in [0.4, 0.5) is 0 Å². The van der Waals surface area contributed by atoms with Crippen LogP contribution in [0.5, 0.6) is 0 Å². The minimum absolute atomic E-state index is 0.258. The number of H-pyrrole nitrogens is 1. The Kier molecular flexibility index (Phi) is 4.39. The molecular weight excluding hydrogens is 302 g/mol. The molecule has 0 fully saturated rings. The summed E-state index contributed by atoms with van der Waals surface area (Å²) in [5, 5.41) is 13.6. The third-order valence-electron chi connectivity index (χ3n) is 3.45. The number of aromatic amines is 1. The minimum Gasteiger partial charge on any atom is -0.306 e. The van der Waals surface area contributed by atoms with E-state index in [0.717, 1.165) is 17.3 Å². The fraction of sp³-hybridized carbons (Fsp3) is 0.188. The first-order chi connectivity index (χ1) is 10.2. The van der Waals surface area contributed by atoms with E-state index >= 15 is 0 Å². The zero-order chi connectivity index (χ0) is 14.7. The van der Waals surface area contributed by atoms with Gasteiger partial charge in [-0.1, -0.05) is 29.8 Å². The molecule has 21 heavy (non-hydrogen) atoms. The summed E-state index contributed by atoms with van der Waals surface area (Å²) in [5.74, 6) is 0. The summed E-state index contributed by atoms with van der Waals surface area (Å²) in [5.41, 5.74) is 3.50. The minimum atomic E-state index is 0.258. The first-order valence-electron chi connectivity index (χ1n) is 6.79. The molecule has 1 aromatic carbocycles. The summed E-state index contributed by atoms with van der Waals surface area (Å²) < 4.78 is 0. The third kappa shape index (κ3) is 3.35. The molecule has 5 heteroatoms. The zero-order valence-electron chi connectivity index (χ0n) is 11.6. The topological polar surface area (TPSA) is 40.7 Å². The molecule has 0 aliphatic rings. The monoisotopic (exact) mass is 317 g/mol. The average Bonchev–Trinajstić information content (AvgIpc) is 3.16. The molecule has 2 aromatic heterocycles. The fourth-order valence-electron chi connectivity index (χ4n) is 2.21. The van der Waals surface area contributed by atoms with Crippen molar-refractivity contribution in [3.8, 4) is 10.6 Å². The second-order valence-electron chi connectivity index (χ2n) is 4.90. The van der Waals surface area contributed by atoms with Crippen LogP contribution >= 0.6 is 22.9 Å². The maximum Gasteiger partial charge on any atom is 0.0794 e. The molecule has 0 spiro atoms. The van der Waals surface area contributed by atoms with Crippen LogP contribution in [0.15, 0.2) is 48.0 Å². The lowest BCUT2D eigenvalue weighted by Crippen LogP contribution is -2.18. The van der Waals surface area contributed by atoms with Gasteiger partial charge >= 0.3 is 0 Å². The number of rotatable bonds is 5. The molecule has 0 aliphatic heterocycles. The molecule has 0 saturated heterocycles. The van der Waals surface area contributed by atoms with Gasteiger partial charge in [-0.05, 0) is 36.1 Å². The van der Waals surface area contributed by atoms with Gasteiger partial charge in [-0.25, -0.2) is 0 Å². The van der Waals surface area contributed by atoms with Crippen molar-refractivity contribution in [3.05, 3.63) is 64.1 Å². The Labute approximate surface area is 133 Å². The van der Waals surface area contributed by atoms with Gasteiger partial charge in [0, 0.05) is 23.2 Å². The molecule has 0 aliphatic carbocycles. The second kappa shape index (κ2) is 6.43.